The maximum atomic E-state index is 7.88. The molecule has 0 N–H and O–H groups in total. The van der Waals surface area contributed by atoms with E-state index in [0.717, 1.165) is 0 Å². The minimum atomic E-state index is 0.232. The van der Waals surface area contributed by atoms with Crippen LogP contribution in [0, 0.1) is 11.3 Å². The molecule has 0 radical (unpaired) electrons. The molecule has 6 heavy (non-hydrogen) atoms. The molecule has 0 amide bonds. The number of hydrogen-bond donors (Lipinski definition) is 0. The molecular formula is C3HClIN. The molecule has 0 fully saturated rings. The molecule has 0 aliphatic carbocycles. The van der Waals surface area contributed by atoms with E-state index in [1.807, 2.05) is 22.6 Å². The minimum Gasteiger partial charge on any atom is -0.191 e. The van der Waals surface area contributed by atoms with Gasteiger partial charge in [-0.05, 0) is 0 Å². The summed E-state index contributed by atoms with van der Waals surface area (Å²) in [5, 5.41) is 8.11. The zero-order valence-corrected chi connectivity index (χ0v) is 5.69. The van der Waals surface area contributed by atoms with Crippen LogP contribution in [0.2, 0.25) is 0 Å². The van der Waals surface area contributed by atoms with Gasteiger partial charge in [0, 0.05) is 4.08 Å². The van der Waals surface area contributed by atoms with Crippen molar-refractivity contribution in [3.63, 3.8) is 0 Å². The van der Waals surface area contributed by atoms with Crippen molar-refractivity contribution in [3.8, 4) is 6.07 Å². The molecule has 0 unspecified atom stereocenters. The standard InChI is InChI=1S/C3HClIN/c4-3(1-5)2-6/h1H. The molecule has 0 bridgehead atoms. The van der Waals surface area contributed by atoms with Crippen LogP contribution in [0.5, 0.6) is 0 Å². The fourth-order valence-electron chi connectivity index (χ4n) is 0.0244. The van der Waals surface area contributed by atoms with E-state index in [2.05, 4.69) is 0 Å². The second-order valence-corrected chi connectivity index (χ2v) is 1.60. The number of allylic oxidation sites excluding steroid dienone is 1. The predicted octanol–water partition coefficient (Wildman–Crippen LogP) is 2.03. The highest BCUT2D eigenvalue weighted by atomic mass is 127. The van der Waals surface area contributed by atoms with Crippen LogP contribution < -0.4 is 0 Å². The lowest BCUT2D eigenvalue weighted by atomic mass is 10.7. The topological polar surface area (TPSA) is 23.8 Å². The van der Waals surface area contributed by atoms with Gasteiger partial charge in [-0.15, -0.1) is 0 Å². The Hall–Kier alpha value is 0.250. The average Bonchev–Trinajstić information content (AvgIpc) is 1.65. The first-order valence-corrected chi connectivity index (χ1v) is 2.79. The normalized spacial score (nSPS) is 10.5. The number of hydrogen-bond acceptors (Lipinski definition) is 1. The molecule has 0 atom stereocenters. The smallest absolute Gasteiger partial charge is 0.124 e. The molecule has 0 aromatic rings. The van der Waals surface area contributed by atoms with Gasteiger partial charge in [0.15, 0.2) is 0 Å². The van der Waals surface area contributed by atoms with Gasteiger partial charge in [-0.2, -0.15) is 5.26 Å². The van der Waals surface area contributed by atoms with Gasteiger partial charge in [0.2, 0.25) is 0 Å². The Balaban J connectivity index is 3.61. The highest BCUT2D eigenvalue weighted by molar-refractivity contribution is 14.1. The van der Waals surface area contributed by atoms with E-state index in [1.165, 1.54) is 4.08 Å². The van der Waals surface area contributed by atoms with E-state index in [1.54, 1.807) is 6.07 Å². The first-order chi connectivity index (χ1) is 2.81. The summed E-state index contributed by atoms with van der Waals surface area (Å²) >= 11 is 7.04. The lowest BCUT2D eigenvalue weighted by molar-refractivity contribution is 1.53. The van der Waals surface area contributed by atoms with E-state index in [-0.39, 0.29) is 5.03 Å². The number of rotatable bonds is 0. The van der Waals surface area contributed by atoms with Gasteiger partial charge in [0.25, 0.3) is 0 Å². The van der Waals surface area contributed by atoms with Crippen LogP contribution in [-0.4, -0.2) is 0 Å². The van der Waals surface area contributed by atoms with Crippen molar-refractivity contribution in [1.82, 2.24) is 0 Å². The SMILES string of the molecule is N#CC(Cl)=CI. The van der Waals surface area contributed by atoms with Crippen molar-refractivity contribution < 1.29 is 0 Å². The highest BCUT2D eigenvalue weighted by Gasteiger charge is 1.76. The summed E-state index contributed by atoms with van der Waals surface area (Å²) in [7, 11) is 0. The highest BCUT2D eigenvalue weighted by Crippen LogP contribution is 2.00. The summed E-state index contributed by atoms with van der Waals surface area (Å²) in [5.41, 5.74) is 0. The minimum absolute atomic E-state index is 0.232. The number of nitrogens with zero attached hydrogens (tertiary/aromatic N) is 1. The van der Waals surface area contributed by atoms with Gasteiger partial charge in [-0.1, -0.05) is 34.2 Å². The Labute approximate surface area is 54.7 Å². The molecule has 0 aliphatic heterocycles. The average molecular weight is 213 g/mol. The van der Waals surface area contributed by atoms with Crippen molar-refractivity contribution in [3.05, 3.63) is 9.12 Å². The van der Waals surface area contributed by atoms with Crippen LogP contribution in [0.4, 0.5) is 0 Å². The lowest BCUT2D eigenvalue weighted by Gasteiger charge is -1.65. The molecule has 0 rings (SSSR count). The summed E-state index contributed by atoms with van der Waals surface area (Å²) in [5.74, 6) is 0. The van der Waals surface area contributed by atoms with Crippen molar-refractivity contribution in [2.75, 3.05) is 0 Å². The fourth-order valence-corrected chi connectivity index (χ4v) is 0.164. The number of halogens is 2. The second-order valence-electron chi connectivity index (χ2n) is 0.569. The first-order valence-electron chi connectivity index (χ1n) is 1.17. The van der Waals surface area contributed by atoms with Crippen LogP contribution in [0.25, 0.3) is 0 Å². The molecule has 0 aromatic heterocycles. The van der Waals surface area contributed by atoms with Crippen LogP contribution in [0.15, 0.2) is 9.12 Å². The molecule has 1 nitrogen and oxygen atoms in total. The van der Waals surface area contributed by atoms with E-state index >= 15 is 0 Å². The van der Waals surface area contributed by atoms with Gasteiger partial charge >= 0.3 is 0 Å². The predicted molar refractivity (Wildman–Crippen MR) is 33.6 cm³/mol. The molecule has 0 aliphatic rings. The van der Waals surface area contributed by atoms with Gasteiger partial charge in [-0.3, -0.25) is 0 Å². The Kier molecular flexibility index (Phi) is 3.58. The third-order valence-corrected chi connectivity index (χ3v) is 1.39. The monoisotopic (exact) mass is 213 g/mol. The van der Waals surface area contributed by atoms with E-state index < -0.39 is 0 Å². The van der Waals surface area contributed by atoms with Crippen LogP contribution in [0.1, 0.15) is 0 Å². The Morgan fingerprint density at radius 2 is 2.50 bits per heavy atom. The Morgan fingerprint density at radius 3 is 2.50 bits per heavy atom. The van der Waals surface area contributed by atoms with Gasteiger partial charge < -0.3 is 0 Å². The van der Waals surface area contributed by atoms with E-state index in [0.29, 0.717) is 0 Å². The molecule has 3 heteroatoms. The van der Waals surface area contributed by atoms with E-state index in [4.69, 9.17) is 16.9 Å². The molecule has 0 saturated carbocycles. The molecule has 0 heterocycles. The summed E-state index contributed by atoms with van der Waals surface area (Å²) < 4.78 is 1.51. The van der Waals surface area contributed by atoms with Gasteiger partial charge in [0.05, 0.1) is 0 Å². The third kappa shape index (κ3) is 2.49. The van der Waals surface area contributed by atoms with E-state index in [9.17, 15) is 0 Å². The van der Waals surface area contributed by atoms with Crippen molar-refractivity contribution in [1.29, 1.82) is 5.26 Å². The van der Waals surface area contributed by atoms with Gasteiger partial charge in [-0.25, -0.2) is 0 Å². The summed E-state index contributed by atoms with van der Waals surface area (Å²) in [6.07, 6.45) is 0. The molecular weight excluding hydrogens is 212 g/mol. The lowest BCUT2D eigenvalue weighted by Crippen LogP contribution is -1.49. The Morgan fingerprint density at radius 1 is 2.00 bits per heavy atom. The maximum absolute atomic E-state index is 7.88. The number of nitriles is 1. The summed E-state index contributed by atoms with van der Waals surface area (Å²) in [4.78, 5) is 0. The summed E-state index contributed by atoms with van der Waals surface area (Å²) in [6, 6.07) is 1.73. The largest absolute Gasteiger partial charge is 0.191 e. The first kappa shape index (κ1) is 6.25. The second kappa shape index (κ2) is 3.44. The van der Waals surface area contributed by atoms with Crippen LogP contribution in [0.3, 0.4) is 0 Å². The zero-order chi connectivity index (χ0) is 4.99. The fraction of sp³-hybridized carbons (Fsp3) is 0. The van der Waals surface area contributed by atoms with Crippen LogP contribution in [-0.2, 0) is 0 Å². The maximum Gasteiger partial charge on any atom is 0.124 e. The Bertz CT molecular complexity index is 102. The van der Waals surface area contributed by atoms with Crippen molar-refractivity contribution in [2.24, 2.45) is 0 Å². The van der Waals surface area contributed by atoms with Crippen LogP contribution >= 0.6 is 34.2 Å². The molecule has 0 spiro atoms. The quantitative estimate of drug-likeness (QED) is 0.446. The third-order valence-electron chi connectivity index (χ3n) is 0.203. The summed E-state index contributed by atoms with van der Waals surface area (Å²) in [6.45, 7) is 0. The van der Waals surface area contributed by atoms with Crippen molar-refractivity contribution in [2.45, 2.75) is 0 Å². The molecule has 0 aromatic carbocycles. The molecule has 0 saturated heterocycles. The molecule has 32 valence electrons. The van der Waals surface area contributed by atoms with Crippen molar-refractivity contribution >= 4 is 34.2 Å². The zero-order valence-electron chi connectivity index (χ0n) is 2.78. The van der Waals surface area contributed by atoms with Gasteiger partial charge in [0.1, 0.15) is 11.1 Å².